The third-order valence-corrected chi connectivity index (χ3v) is 4.33. The third-order valence-electron chi connectivity index (χ3n) is 4.33. The van der Waals surface area contributed by atoms with Gasteiger partial charge in [0.2, 0.25) is 0 Å². The number of barbiturate groups is 1. The van der Waals surface area contributed by atoms with Gasteiger partial charge in [-0.25, -0.2) is 14.5 Å². The highest BCUT2D eigenvalue weighted by molar-refractivity contribution is 6.39. The first kappa shape index (κ1) is 21.3. The minimum absolute atomic E-state index is 0.00804. The van der Waals surface area contributed by atoms with E-state index in [4.69, 9.17) is 14.6 Å². The number of hydrogen-bond acceptors (Lipinski definition) is 6. The molecule has 2 N–H and O–H groups in total. The van der Waals surface area contributed by atoms with E-state index in [0.29, 0.717) is 17.1 Å². The number of aromatic carboxylic acids is 1. The van der Waals surface area contributed by atoms with E-state index in [1.165, 1.54) is 37.5 Å². The van der Waals surface area contributed by atoms with E-state index in [1.807, 2.05) is 0 Å². The highest BCUT2D eigenvalue weighted by atomic mass is 16.5. The fraction of sp³-hybridized carbons (Fsp3) is 0.0909. The van der Waals surface area contributed by atoms with E-state index < -0.39 is 23.8 Å². The lowest BCUT2D eigenvalue weighted by atomic mass is 10.1. The van der Waals surface area contributed by atoms with E-state index in [1.54, 1.807) is 24.3 Å². The minimum atomic E-state index is -1.15. The number of rotatable bonds is 7. The van der Waals surface area contributed by atoms with Gasteiger partial charge in [0.1, 0.15) is 12.2 Å². The summed E-state index contributed by atoms with van der Waals surface area (Å²) in [5.74, 6) is -2.00. The Bertz CT molecular complexity index is 1100. The summed E-state index contributed by atoms with van der Waals surface area (Å²) in [5.41, 5.74) is 0.309. The molecule has 2 aromatic rings. The quantitative estimate of drug-likeness (QED) is 0.399. The Morgan fingerprint density at radius 1 is 1.13 bits per heavy atom. The molecule has 2 aromatic carbocycles. The molecule has 158 valence electrons. The lowest BCUT2D eigenvalue weighted by molar-refractivity contribution is -0.122. The Morgan fingerprint density at radius 2 is 1.84 bits per heavy atom. The van der Waals surface area contributed by atoms with Gasteiger partial charge in [-0.15, -0.1) is 0 Å². The van der Waals surface area contributed by atoms with Crippen LogP contribution in [-0.4, -0.2) is 42.6 Å². The molecule has 3 rings (SSSR count). The predicted octanol–water partition coefficient (Wildman–Crippen LogP) is 2.62. The fourth-order valence-electron chi connectivity index (χ4n) is 2.85. The minimum Gasteiger partial charge on any atom is -0.493 e. The van der Waals surface area contributed by atoms with Crippen molar-refractivity contribution in [1.82, 2.24) is 5.32 Å². The molecule has 1 heterocycles. The second-order valence-corrected chi connectivity index (χ2v) is 6.32. The molecule has 9 heteroatoms. The van der Waals surface area contributed by atoms with Gasteiger partial charge in [-0.05, 0) is 48.0 Å². The first-order valence-corrected chi connectivity index (χ1v) is 9.02. The number of carbonyl (C=O) groups excluding carboxylic acids is 3. The van der Waals surface area contributed by atoms with Crippen molar-refractivity contribution in [3.8, 4) is 11.5 Å². The summed E-state index contributed by atoms with van der Waals surface area (Å²) in [6.45, 7) is 3.85. The van der Waals surface area contributed by atoms with Gasteiger partial charge in [-0.2, -0.15) is 0 Å². The van der Waals surface area contributed by atoms with Crippen LogP contribution < -0.4 is 19.7 Å². The number of carboxylic acid groups (broad SMARTS) is 1. The molecule has 0 unspecified atom stereocenters. The number of hydrogen-bond donors (Lipinski definition) is 2. The smallest absolute Gasteiger partial charge is 0.335 e. The average Bonchev–Trinajstić information content (AvgIpc) is 2.75. The molecular weight excluding hydrogens is 404 g/mol. The van der Waals surface area contributed by atoms with Gasteiger partial charge in [0.05, 0.1) is 18.4 Å². The Hall–Kier alpha value is -4.40. The fourth-order valence-corrected chi connectivity index (χ4v) is 2.85. The average molecular weight is 422 g/mol. The number of amides is 4. The van der Waals surface area contributed by atoms with Crippen LogP contribution in [0.2, 0.25) is 0 Å². The van der Waals surface area contributed by atoms with Crippen LogP contribution in [0.25, 0.3) is 6.08 Å². The molecule has 0 bridgehead atoms. The number of benzene rings is 2. The number of nitrogens with one attached hydrogen (secondary N) is 1. The molecule has 1 fully saturated rings. The van der Waals surface area contributed by atoms with Crippen LogP contribution in [0.3, 0.4) is 0 Å². The Labute approximate surface area is 177 Å². The van der Waals surface area contributed by atoms with E-state index in [2.05, 4.69) is 11.9 Å². The summed E-state index contributed by atoms with van der Waals surface area (Å²) < 4.78 is 10.8. The van der Waals surface area contributed by atoms with Gasteiger partial charge in [0.15, 0.2) is 11.5 Å². The van der Waals surface area contributed by atoms with Crippen LogP contribution in [0.5, 0.6) is 11.5 Å². The number of urea groups is 1. The second-order valence-electron chi connectivity index (χ2n) is 6.32. The highest BCUT2D eigenvalue weighted by Gasteiger charge is 2.36. The molecule has 0 saturated carbocycles. The molecule has 1 aliphatic heterocycles. The zero-order valence-electron chi connectivity index (χ0n) is 16.5. The summed E-state index contributed by atoms with van der Waals surface area (Å²) in [5, 5.41) is 11.1. The number of ether oxygens (including phenoxy) is 2. The molecule has 0 spiro atoms. The first-order valence-electron chi connectivity index (χ1n) is 9.02. The lowest BCUT2D eigenvalue weighted by Crippen LogP contribution is -2.54. The Morgan fingerprint density at radius 3 is 2.45 bits per heavy atom. The van der Waals surface area contributed by atoms with Gasteiger partial charge in [-0.1, -0.05) is 18.7 Å². The van der Waals surface area contributed by atoms with Crippen molar-refractivity contribution in [2.24, 2.45) is 0 Å². The van der Waals surface area contributed by atoms with Gasteiger partial charge < -0.3 is 14.6 Å². The zero-order valence-corrected chi connectivity index (χ0v) is 16.5. The van der Waals surface area contributed by atoms with Crippen LogP contribution in [0.4, 0.5) is 10.5 Å². The Kier molecular flexibility index (Phi) is 6.15. The Balaban J connectivity index is 1.95. The topological polar surface area (TPSA) is 122 Å². The zero-order chi connectivity index (χ0) is 22.5. The van der Waals surface area contributed by atoms with Crippen molar-refractivity contribution in [2.75, 3.05) is 18.6 Å². The van der Waals surface area contributed by atoms with Crippen molar-refractivity contribution in [1.29, 1.82) is 0 Å². The number of anilines is 1. The van der Waals surface area contributed by atoms with Gasteiger partial charge >= 0.3 is 12.0 Å². The number of carboxylic acids is 1. The van der Waals surface area contributed by atoms with E-state index in [-0.39, 0.29) is 23.4 Å². The van der Waals surface area contributed by atoms with Crippen molar-refractivity contribution < 1.29 is 33.8 Å². The number of methoxy groups -OCH3 is 1. The van der Waals surface area contributed by atoms with Crippen molar-refractivity contribution in [3.63, 3.8) is 0 Å². The van der Waals surface area contributed by atoms with Crippen LogP contribution in [-0.2, 0) is 9.59 Å². The molecule has 31 heavy (non-hydrogen) atoms. The van der Waals surface area contributed by atoms with Crippen LogP contribution in [0, 0.1) is 0 Å². The van der Waals surface area contributed by atoms with E-state index >= 15 is 0 Å². The van der Waals surface area contributed by atoms with Crippen molar-refractivity contribution in [3.05, 3.63) is 71.8 Å². The molecule has 0 radical (unpaired) electrons. The highest BCUT2D eigenvalue weighted by Crippen LogP contribution is 2.30. The predicted molar refractivity (Wildman–Crippen MR) is 111 cm³/mol. The maximum absolute atomic E-state index is 12.9. The van der Waals surface area contributed by atoms with Crippen LogP contribution >= 0.6 is 0 Å². The van der Waals surface area contributed by atoms with E-state index in [0.717, 1.165) is 4.90 Å². The molecule has 0 atom stereocenters. The molecule has 1 aliphatic rings. The number of imide groups is 2. The standard InChI is InChI=1S/C22H18N2O7/c1-3-10-31-17-9-4-13(12-18(17)30-2)11-16-19(25)23-22(29)24(20(16)26)15-7-5-14(6-8-15)21(27)28/h3-9,11-12H,1,10H2,2H3,(H,27,28)(H,23,25,29). The maximum Gasteiger partial charge on any atom is 0.335 e. The van der Waals surface area contributed by atoms with Crippen LogP contribution in [0.1, 0.15) is 15.9 Å². The summed E-state index contributed by atoms with van der Waals surface area (Å²) in [7, 11) is 1.45. The molecule has 0 aliphatic carbocycles. The summed E-state index contributed by atoms with van der Waals surface area (Å²) in [6.07, 6.45) is 2.90. The number of carbonyl (C=O) groups is 4. The van der Waals surface area contributed by atoms with Gasteiger partial charge in [-0.3, -0.25) is 14.9 Å². The molecule has 4 amide bonds. The third kappa shape index (κ3) is 4.45. The summed E-state index contributed by atoms with van der Waals surface area (Å²) in [4.78, 5) is 49.3. The number of nitrogens with zero attached hydrogens (tertiary/aromatic N) is 1. The SMILES string of the molecule is C=CCOc1ccc(C=C2C(=O)NC(=O)N(c3ccc(C(=O)O)cc3)C2=O)cc1OC. The van der Waals surface area contributed by atoms with Gasteiger partial charge in [0, 0.05) is 0 Å². The molecular formula is C22H18N2O7. The molecule has 0 aromatic heterocycles. The lowest BCUT2D eigenvalue weighted by Gasteiger charge is -2.26. The maximum atomic E-state index is 12.9. The van der Waals surface area contributed by atoms with Crippen LogP contribution in [0.15, 0.2) is 60.7 Å². The normalized spacial score (nSPS) is 14.9. The van der Waals surface area contributed by atoms with Gasteiger partial charge in [0.25, 0.3) is 11.8 Å². The largest absolute Gasteiger partial charge is 0.493 e. The molecule has 1 saturated heterocycles. The second kappa shape index (κ2) is 8.95. The first-order chi connectivity index (χ1) is 14.8. The summed E-state index contributed by atoms with van der Waals surface area (Å²) >= 11 is 0. The summed E-state index contributed by atoms with van der Waals surface area (Å²) in [6, 6.07) is 9.02. The van der Waals surface area contributed by atoms with Crippen molar-refractivity contribution >= 4 is 35.6 Å². The van der Waals surface area contributed by atoms with Crippen molar-refractivity contribution in [2.45, 2.75) is 0 Å². The molecule has 9 nitrogen and oxygen atoms in total. The monoisotopic (exact) mass is 422 g/mol. The van der Waals surface area contributed by atoms with E-state index in [9.17, 15) is 19.2 Å².